The second-order valence-electron chi connectivity index (χ2n) is 4.42. The van der Waals surface area contributed by atoms with E-state index < -0.39 is 12.1 Å². The molecule has 1 aliphatic rings. The van der Waals surface area contributed by atoms with Crippen molar-refractivity contribution in [2.75, 3.05) is 18.1 Å². The molecule has 1 unspecified atom stereocenters. The monoisotopic (exact) mass is 353 g/mol. The van der Waals surface area contributed by atoms with Crippen molar-refractivity contribution in [3.8, 4) is 5.75 Å². The van der Waals surface area contributed by atoms with Gasteiger partial charge in [-0.1, -0.05) is 15.9 Å². The maximum absolute atomic E-state index is 12.4. The first-order chi connectivity index (χ1) is 9.30. The van der Waals surface area contributed by atoms with Gasteiger partial charge in [0.2, 0.25) is 5.91 Å². The molecule has 1 heterocycles. The van der Waals surface area contributed by atoms with Crippen LogP contribution in [0.15, 0.2) is 22.7 Å². The van der Waals surface area contributed by atoms with Gasteiger partial charge in [-0.3, -0.25) is 4.79 Å². The minimum atomic E-state index is -4.84. The van der Waals surface area contributed by atoms with Crippen molar-refractivity contribution in [1.82, 2.24) is 0 Å². The molecule has 4 nitrogen and oxygen atoms in total. The Labute approximate surface area is 121 Å². The van der Waals surface area contributed by atoms with Gasteiger partial charge in [0.1, 0.15) is 0 Å². The predicted molar refractivity (Wildman–Crippen MR) is 68.4 cm³/mol. The number of carbonyl (C=O) groups is 1. The van der Waals surface area contributed by atoms with Crippen molar-refractivity contribution < 1.29 is 27.8 Å². The molecule has 110 valence electrons. The van der Waals surface area contributed by atoms with E-state index >= 15 is 0 Å². The first kappa shape index (κ1) is 15.1. The van der Waals surface area contributed by atoms with Gasteiger partial charge in [-0.15, -0.1) is 13.2 Å². The molecule has 1 fully saturated rings. The number of carbonyl (C=O) groups excluding carboxylic acids is 1. The van der Waals surface area contributed by atoms with Gasteiger partial charge in [-0.2, -0.15) is 0 Å². The van der Waals surface area contributed by atoms with Gasteiger partial charge < -0.3 is 14.7 Å². The zero-order valence-corrected chi connectivity index (χ0v) is 11.7. The third-order valence-corrected chi connectivity index (χ3v) is 3.39. The zero-order valence-electron chi connectivity index (χ0n) is 10.2. The fourth-order valence-corrected chi connectivity index (χ4v) is 2.39. The predicted octanol–water partition coefficient (Wildman–Crippen LogP) is 2.69. The number of hydrogen-bond acceptors (Lipinski definition) is 3. The summed E-state index contributed by atoms with van der Waals surface area (Å²) in [6, 6.07) is 4.06. The molecule has 0 radical (unpaired) electrons. The molecule has 1 N–H and O–H groups in total. The van der Waals surface area contributed by atoms with Crippen LogP contribution in [-0.4, -0.2) is 30.5 Å². The number of aliphatic hydroxyl groups excluding tert-OH is 1. The van der Waals surface area contributed by atoms with Gasteiger partial charge in [0, 0.05) is 30.0 Å². The number of amides is 1. The van der Waals surface area contributed by atoms with E-state index in [4.69, 9.17) is 5.11 Å². The second-order valence-corrected chi connectivity index (χ2v) is 5.33. The Morgan fingerprint density at radius 2 is 2.15 bits per heavy atom. The van der Waals surface area contributed by atoms with Crippen molar-refractivity contribution in [3.63, 3.8) is 0 Å². The molecule has 1 aromatic rings. The largest absolute Gasteiger partial charge is 0.573 e. The van der Waals surface area contributed by atoms with Gasteiger partial charge in [0.15, 0.2) is 5.75 Å². The highest BCUT2D eigenvalue weighted by atomic mass is 79.9. The molecule has 0 aliphatic carbocycles. The molecule has 1 aliphatic heterocycles. The summed E-state index contributed by atoms with van der Waals surface area (Å²) >= 11 is 3.06. The van der Waals surface area contributed by atoms with E-state index in [1.165, 1.54) is 17.0 Å². The van der Waals surface area contributed by atoms with Crippen LogP contribution in [0.2, 0.25) is 0 Å². The molecule has 0 spiro atoms. The molecule has 2 rings (SSSR count). The summed E-state index contributed by atoms with van der Waals surface area (Å²) in [4.78, 5) is 13.0. The summed E-state index contributed by atoms with van der Waals surface area (Å²) < 4.78 is 41.6. The van der Waals surface area contributed by atoms with Crippen LogP contribution in [0.1, 0.15) is 6.42 Å². The van der Waals surface area contributed by atoms with E-state index in [2.05, 4.69) is 20.7 Å². The number of rotatable bonds is 3. The van der Waals surface area contributed by atoms with Crippen molar-refractivity contribution in [3.05, 3.63) is 22.7 Å². The SMILES string of the molecule is O=C1CC(CO)CN1c1ccc(Br)cc1OC(F)(F)F. The maximum Gasteiger partial charge on any atom is 0.573 e. The van der Waals surface area contributed by atoms with Crippen molar-refractivity contribution in [2.24, 2.45) is 5.92 Å². The van der Waals surface area contributed by atoms with E-state index in [0.717, 1.165) is 6.07 Å². The Kier molecular flexibility index (Phi) is 4.24. The Bertz CT molecular complexity index is 521. The molecule has 20 heavy (non-hydrogen) atoms. The van der Waals surface area contributed by atoms with Crippen LogP contribution >= 0.6 is 15.9 Å². The second kappa shape index (κ2) is 5.61. The fourth-order valence-electron chi connectivity index (χ4n) is 2.05. The van der Waals surface area contributed by atoms with Crippen molar-refractivity contribution in [2.45, 2.75) is 12.8 Å². The fraction of sp³-hybridized carbons (Fsp3) is 0.417. The average Bonchev–Trinajstić information content (AvgIpc) is 2.69. The first-order valence-electron chi connectivity index (χ1n) is 5.76. The van der Waals surface area contributed by atoms with Crippen LogP contribution in [0.25, 0.3) is 0 Å². The zero-order chi connectivity index (χ0) is 14.9. The van der Waals surface area contributed by atoms with Crippen LogP contribution < -0.4 is 9.64 Å². The van der Waals surface area contributed by atoms with Crippen LogP contribution in [0.5, 0.6) is 5.75 Å². The molecule has 1 saturated heterocycles. The van der Waals surface area contributed by atoms with Gasteiger partial charge in [-0.05, 0) is 18.2 Å². The quantitative estimate of drug-likeness (QED) is 0.908. The normalized spacial score (nSPS) is 19.6. The lowest BCUT2D eigenvalue weighted by Gasteiger charge is -2.21. The number of ether oxygens (including phenoxy) is 1. The molecule has 0 saturated carbocycles. The molecule has 1 amide bonds. The van der Waals surface area contributed by atoms with Gasteiger partial charge in [0.05, 0.1) is 5.69 Å². The Morgan fingerprint density at radius 3 is 2.70 bits per heavy atom. The molecule has 0 aromatic heterocycles. The summed E-state index contributed by atoms with van der Waals surface area (Å²) in [7, 11) is 0. The highest BCUT2D eigenvalue weighted by molar-refractivity contribution is 9.10. The summed E-state index contributed by atoms with van der Waals surface area (Å²) in [5.74, 6) is -1.05. The van der Waals surface area contributed by atoms with Crippen LogP contribution in [0, 0.1) is 5.92 Å². The van der Waals surface area contributed by atoms with Crippen LogP contribution in [-0.2, 0) is 4.79 Å². The number of halogens is 4. The van der Waals surface area contributed by atoms with Crippen molar-refractivity contribution >= 4 is 27.5 Å². The van der Waals surface area contributed by atoms with Gasteiger partial charge in [0.25, 0.3) is 0 Å². The molecule has 1 aromatic carbocycles. The third kappa shape index (κ3) is 3.43. The highest BCUT2D eigenvalue weighted by Crippen LogP contribution is 2.37. The number of anilines is 1. The van der Waals surface area contributed by atoms with E-state index in [0.29, 0.717) is 4.47 Å². The van der Waals surface area contributed by atoms with Crippen LogP contribution in [0.3, 0.4) is 0 Å². The lowest BCUT2D eigenvalue weighted by Crippen LogP contribution is -2.27. The molecule has 8 heteroatoms. The minimum Gasteiger partial charge on any atom is -0.404 e. The average molecular weight is 354 g/mol. The standard InChI is InChI=1S/C12H11BrF3NO3/c13-8-1-2-9(10(4-8)20-12(14,15)16)17-5-7(6-18)3-11(17)19/h1-2,4,7,18H,3,5-6H2. The number of benzene rings is 1. The Balaban J connectivity index is 2.34. The summed E-state index contributed by atoms with van der Waals surface area (Å²) in [6.45, 7) is -0.0145. The van der Waals surface area contributed by atoms with E-state index in [-0.39, 0.29) is 37.1 Å². The maximum atomic E-state index is 12.4. The number of nitrogens with zero attached hydrogens (tertiary/aromatic N) is 1. The Hall–Kier alpha value is -1.28. The number of alkyl halides is 3. The third-order valence-electron chi connectivity index (χ3n) is 2.90. The van der Waals surface area contributed by atoms with E-state index in [1.54, 1.807) is 0 Å². The van der Waals surface area contributed by atoms with Gasteiger partial charge >= 0.3 is 6.36 Å². The lowest BCUT2D eigenvalue weighted by molar-refractivity contribution is -0.274. The summed E-state index contributed by atoms with van der Waals surface area (Å²) in [6.07, 6.45) is -4.73. The smallest absolute Gasteiger partial charge is 0.404 e. The molecular weight excluding hydrogens is 343 g/mol. The van der Waals surface area contributed by atoms with E-state index in [9.17, 15) is 18.0 Å². The molecule has 0 bridgehead atoms. The van der Waals surface area contributed by atoms with Crippen LogP contribution in [0.4, 0.5) is 18.9 Å². The first-order valence-corrected chi connectivity index (χ1v) is 6.56. The minimum absolute atomic E-state index is 0.0477. The number of hydrogen-bond donors (Lipinski definition) is 1. The highest BCUT2D eigenvalue weighted by Gasteiger charge is 2.36. The molecule has 1 atom stereocenters. The topological polar surface area (TPSA) is 49.8 Å². The molecular formula is C12H11BrF3NO3. The Morgan fingerprint density at radius 1 is 1.45 bits per heavy atom. The summed E-state index contributed by atoms with van der Waals surface area (Å²) in [5.41, 5.74) is 0.0477. The van der Waals surface area contributed by atoms with Crippen molar-refractivity contribution in [1.29, 1.82) is 0 Å². The number of aliphatic hydroxyl groups is 1. The lowest BCUT2D eigenvalue weighted by atomic mass is 10.1. The van der Waals surface area contributed by atoms with E-state index in [1.807, 2.05) is 0 Å². The summed E-state index contributed by atoms with van der Waals surface area (Å²) in [5, 5.41) is 9.05. The van der Waals surface area contributed by atoms with Gasteiger partial charge in [-0.25, -0.2) is 0 Å².